The summed E-state index contributed by atoms with van der Waals surface area (Å²) in [6.07, 6.45) is 0.868. The van der Waals surface area contributed by atoms with Crippen LogP contribution in [-0.4, -0.2) is 60.2 Å². The van der Waals surface area contributed by atoms with E-state index in [9.17, 15) is 14.7 Å². The van der Waals surface area contributed by atoms with Crippen molar-refractivity contribution >= 4 is 53.4 Å². The van der Waals surface area contributed by atoms with Crippen LogP contribution in [0.2, 0.25) is 5.02 Å². The first-order valence-electron chi connectivity index (χ1n) is 11.0. The first-order valence-corrected chi connectivity index (χ1v) is 11.4. The maximum absolute atomic E-state index is 12.0. The van der Waals surface area contributed by atoms with Crippen molar-refractivity contribution in [3.63, 3.8) is 0 Å². The lowest BCUT2D eigenvalue weighted by atomic mass is 10.1. The number of hydrogen-bond acceptors (Lipinski definition) is 6. The predicted octanol–water partition coefficient (Wildman–Crippen LogP) is 4.88. The third kappa shape index (κ3) is 7.35. The van der Waals surface area contributed by atoms with Gasteiger partial charge in [-0.2, -0.15) is 0 Å². The SMILES string of the molecule is Cc1c(C(=O)O)c2ccc(OCCCN3CCN(Cc4ccc(Cl)cc4)CC3)cc2oc1=O.Cl.Cl. The molecular weight excluding hydrogens is 515 g/mol. The number of rotatable bonds is 8. The zero-order chi connectivity index (χ0) is 23.4. The molecule has 0 saturated carbocycles. The monoisotopic (exact) mass is 542 g/mol. The highest BCUT2D eigenvalue weighted by Gasteiger charge is 2.18. The van der Waals surface area contributed by atoms with Gasteiger partial charge in [-0.05, 0) is 43.2 Å². The molecule has 0 bridgehead atoms. The third-order valence-corrected chi connectivity index (χ3v) is 6.24. The molecule has 190 valence electrons. The fourth-order valence-electron chi connectivity index (χ4n) is 4.14. The second-order valence-corrected chi connectivity index (χ2v) is 8.74. The summed E-state index contributed by atoms with van der Waals surface area (Å²) >= 11 is 5.96. The minimum Gasteiger partial charge on any atom is -0.493 e. The van der Waals surface area contributed by atoms with Gasteiger partial charge in [0.15, 0.2) is 0 Å². The molecule has 10 heteroatoms. The molecule has 1 fully saturated rings. The highest BCUT2D eigenvalue weighted by atomic mass is 35.5. The largest absolute Gasteiger partial charge is 0.493 e. The molecule has 0 unspecified atom stereocenters. The van der Waals surface area contributed by atoms with Crippen LogP contribution in [0.15, 0.2) is 51.7 Å². The Morgan fingerprint density at radius 2 is 1.71 bits per heavy atom. The van der Waals surface area contributed by atoms with Gasteiger partial charge in [0.1, 0.15) is 11.3 Å². The summed E-state index contributed by atoms with van der Waals surface area (Å²) in [7, 11) is 0. The first kappa shape index (κ1) is 28.9. The summed E-state index contributed by atoms with van der Waals surface area (Å²) in [6, 6.07) is 12.9. The Hall–Kier alpha value is -2.29. The van der Waals surface area contributed by atoms with Crippen molar-refractivity contribution in [1.82, 2.24) is 9.80 Å². The number of carbonyl (C=O) groups is 1. The second-order valence-electron chi connectivity index (χ2n) is 8.30. The Balaban J connectivity index is 0.00000216. The number of carboxylic acids is 1. The van der Waals surface area contributed by atoms with Gasteiger partial charge in [0, 0.05) is 61.3 Å². The minimum absolute atomic E-state index is 0. The summed E-state index contributed by atoms with van der Waals surface area (Å²) in [5.41, 5.74) is 0.919. The number of nitrogens with zero attached hydrogens (tertiary/aromatic N) is 2. The Labute approximate surface area is 221 Å². The van der Waals surface area contributed by atoms with Crippen LogP contribution in [0.4, 0.5) is 0 Å². The molecule has 2 aromatic carbocycles. The van der Waals surface area contributed by atoms with E-state index < -0.39 is 11.6 Å². The lowest BCUT2D eigenvalue weighted by Crippen LogP contribution is -2.46. The van der Waals surface area contributed by atoms with E-state index in [1.807, 2.05) is 12.1 Å². The van der Waals surface area contributed by atoms with Crippen molar-refractivity contribution in [2.24, 2.45) is 0 Å². The quantitative estimate of drug-likeness (QED) is 0.320. The molecule has 1 aliphatic rings. The van der Waals surface area contributed by atoms with Crippen molar-refractivity contribution in [3.8, 4) is 5.75 Å². The van der Waals surface area contributed by atoms with Gasteiger partial charge >= 0.3 is 11.6 Å². The van der Waals surface area contributed by atoms with Gasteiger partial charge in [0.05, 0.1) is 12.2 Å². The van der Waals surface area contributed by atoms with Crippen LogP contribution in [0.25, 0.3) is 11.0 Å². The van der Waals surface area contributed by atoms with Crippen molar-refractivity contribution < 1.29 is 19.1 Å². The molecule has 0 radical (unpaired) electrons. The van der Waals surface area contributed by atoms with Crippen LogP contribution in [0, 0.1) is 6.92 Å². The summed E-state index contributed by atoms with van der Waals surface area (Å²) in [6.45, 7) is 7.96. The molecule has 7 nitrogen and oxygen atoms in total. The van der Waals surface area contributed by atoms with Gasteiger partial charge in [-0.25, -0.2) is 9.59 Å². The Morgan fingerprint density at radius 1 is 1.06 bits per heavy atom. The molecule has 0 aliphatic carbocycles. The molecule has 1 aliphatic heterocycles. The van der Waals surface area contributed by atoms with E-state index in [4.69, 9.17) is 20.8 Å². The number of benzene rings is 2. The summed E-state index contributed by atoms with van der Waals surface area (Å²) < 4.78 is 11.1. The van der Waals surface area contributed by atoms with Crippen LogP contribution in [0.3, 0.4) is 0 Å². The highest BCUT2D eigenvalue weighted by Crippen LogP contribution is 2.24. The van der Waals surface area contributed by atoms with Crippen molar-refractivity contribution in [3.05, 3.63) is 74.6 Å². The maximum atomic E-state index is 12.0. The van der Waals surface area contributed by atoms with Crippen molar-refractivity contribution in [1.29, 1.82) is 0 Å². The van der Waals surface area contributed by atoms with Gasteiger partial charge in [-0.1, -0.05) is 23.7 Å². The van der Waals surface area contributed by atoms with E-state index in [2.05, 4.69) is 21.9 Å². The lowest BCUT2D eigenvalue weighted by Gasteiger charge is -2.34. The van der Waals surface area contributed by atoms with Gasteiger partial charge in [0.25, 0.3) is 0 Å². The first-order chi connectivity index (χ1) is 15.9. The Bertz CT molecular complexity index is 1190. The molecular formula is C25H29Cl3N2O5. The molecule has 4 rings (SSSR count). The molecule has 3 aromatic rings. The number of ether oxygens (including phenoxy) is 1. The molecule has 35 heavy (non-hydrogen) atoms. The lowest BCUT2D eigenvalue weighted by molar-refractivity contribution is 0.0697. The fourth-order valence-corrected chi connectivity index (χ4v) is 4.26. The average Bonchev–Trinajstić information content (AvgIpc) is 2.80. The Morgan fingerprint density at radius 3 is 2.37 bits per heavy atom. The second kappa shape index (κ2) is 13.1. The number of halogens is 3. The standard InChI is InChI=1S/C25H27ClN2O5.2ClH/c1-17-23(24(29)30)21-8-7-20(15-22(21)33-25(17)31)32-14-2-9-27-10-12-28(13-11-27)16-18-3-5-19(26)6-4-18;;/h3-8,15H,2,9-14,16H2,1H3,(H,29,30);2*1H. The zero-order valence-corrected chi connectivity index (χ0v) is 21.8. The molecule has 1 aromatic heterocycles. The predicted molar refractivity (Wildman–Crippen MR) is 142 cm³/mol. The van der Waals surface area contributed by atoms with E-state index in [1.165, 1.54) is 12.5 Å². The van der Waals surface area contributed by atoms with E-state index in [-0.39, 0.29) is 41.5 Å². The minimum atomic E-state index is -1.15. The fraction of sp³-hybridized carbons (Fsp3) is 0.360. The molecule has 1 saturated heterocycles. The molecule has 2 heterocycles. The van der Waals surface area contributed by atoms with Gasteiger partial charge in [-0.15, -0.1) is 24.8 Å². The van der Waals surface area contributed by atoms with Crippen LogP contribution in [0.5, 0.6) is 5.75 Å². The van der Waals surface area contributed by atoms with E-state index in [0.717, 1.165) is 50.7 Å². The van der Waals surface area contributed by atoms with Crippen LogP contribution in [0.1, 0.15) is 27.9 Å². The van der Waals surface area contributed by atoms with Crippen LogP contribution >= 0.6 is 36.4 Å². The topological polar surface area (TPSA) is 83.2 Å². The van der Waals surface area contributed by atoms with Gasteiger partial charge < -0.3 is 19.2 Å². The normalized spacial score (nSPS) is 14.2. The number of carboxylic acid groups (broad SMARTS) is 1. The Kier molecular flexibility index (Phi) is 10.9. The summed E-state index contributed by atoms with van der Waals surface area (Å²) in [4.78, 5) is 28.4. The van der Waals surface area contributed by atoms with Crippen LogP contribution in [-0.2, 0) is 6.54 Å². The highest BCUT2D eigenvalue weighted by molar-refractivity contribution is 6.30. The number of aromatic carboxylic acids is 1. The number of piperazine rings is 1. The van der Waals surface area contributed by atoms with E-state index >= 15 is 0 Å². The van der Waals surface area contributed by atoms with Gasteiger partial charge in [0.2, 0.25) is 0 Å². The summed E-state index contributed by atoms with van der Waals surface area (Å²) in [5, 5.41) is 10.6. The van der Waals surface area contributed by atoms with Crippen molar-refractivity contribution in [2.75, 3.05) is 39.3 Å². The zero-order valence-electron chi connectivity index (χ0n) is 19.4. The molecule has 0 atom stereocenters. The molecule has 1 N–H and O–H groups in total. The molecule has 0 amide bonds. The van der Waals surface area contributed by atoms with E-state index in [1.54, 1.807) is 18.2 Å². The average molecular weight is 544 g/mol. The third-order valence-electron chi connectivity index (χ3n) is 5.99. The molecule has 0 spiro atoms. The van der Waals surface area contributed by atoms with Crippen molar-refractivity contribution in [2.45, 2.75) is 19.9 Å². The van der Waals surface area contributed by atoms with Crippen LogP contribution < -0.4 is 10.4 Å². The number of hydrogen-bond donors (Lipinski definition) is 1. The van der Waals surface area contributed by atoms with E-state index in [0.29, 0.717) is 17.7 Å². The number of fused-ring (bicyclic) bond motifs is 1. The van der Waals surface area contributed by atoms with Gasteiger partial charge in [-0.3, -0.25) is 4.90 Å². The smallest absolute Gasteiger partial charge is 0.340 e. The summed E-state index contributed by atoms with van der Waals surface area (Å²) in [5.74, 6) is -0.592. The maximum Gasteiger partial charge on any atom is 0.340 e.